The molecule has 0 saturated heterocycles. The second-order valence-electron chi connectivity index (χ2n) is 5.68. The fraction of sp³-hybridized carbons (Fsp3) is 0.353. The van der Waals surface area contributed by atoms with Crippen molar-refractivity contribution in [2.24, 2.45) is 0 Å². The van der Waals surface area contributed by atoms with Gasteiger partial charge >= 0.3 is 0 Å². The molecule has 0 amide bonds. The van der Waals surface area contributed by atoms with Gasteiger partial charge in [-0.3, -0.25) is 4.98 Å². The number of rotatable bonds is 6. The third kappa shape index (κ3) is 3.38. The molecular formula is C17H20N2OS2. The third-order valence-electron chi connectivity index (χ3n) is 3.71. The summed E-state index contributed by atoms with van der Waals surface area (Å²) < 4.78 is 1.26. The first kappa shape index (κ1) is 15.6. The number of hydrogen-bond donors (Lipinski definition) is 1. The van der Waals surface area contributed by atoms with Crippen LogP contribution in [0.1, 0.15) is 21.4 Å². The van der Waals surface area contributed by atoms with Crippen LogP contribution in [0.2, 0.25) is 0 Å². The molecular weight excluding hydrogens is 312 g/mol. The zero-order chi connectivity index (χ0) is 15.5. The maximum Gasteiger partial charge on any atom is 0.0855 e. The molecule has 0 saturated carbocycles. The minimum absolute atomic E-state index is 0.464. The molecule has 0 aliphatic heterocycles. The number of fused-ring (bicyclic) bond motifs is 1. The van der Waals surface area contributed by atoms with Gasteiger partial charge in [0.2, 0.25) is 0 Å². The molecule has 3 nitrogen and oxygen atoms in total. The Morgan fingerprint density at radius 2 is 2.09 bits per heavy atom. The monoisotopic (exact) mass is 332 g/mol. The van der Waals surface area contributed by atoms with Crippen LogP contribution in [0, 0.1) is 0 Å². The normalized spacial score (nSPS) is 13.1. The van der Waals surface area contributed by atoms with Gasteiger partial charge in [-0.05, 0) is 32.0 Å². The number of hydrogen-bond acceptors (Lipinski definition) is 5. The van der Waals surface area contributed by atoms with E-state index in [-0.39, 0.29) is 0 Å². The highest BCUT2D eigenvalue weighted by Gasteiger charge is 2.20. The number of benzene rings is 1. The van der Waals surface area contributed by atoms with E-state index in [1.165, 1.54) is 15.0 Å². The molecule has 0 aliphatic rings. The topological polar surface area (TPSA) is 36.4 Å². The summed E-state index contributed by atoms with van der Waals surface area (Å²) in [5.41, 5.74) is 2.93. The van der Waals surface area contributed by atoms with Crippen molar-refractivity contribution >= 4 is 32.8 Å². The first-order valence-corrected chi connectivity index (χ1v) is 9.05. The van der Waals surface area contributed by atoms with Crippen molar-refractivity contribution in [1.29, 1.82) is 0 Å². The highest BCUT2D eigenvalue weighted by Crippen LogP contribution is 2.37. The van der Waals surface area contributed by atoms with Gasteiger partial charge in [-0.15, -0.1) is 22.7 Å². The average Bonchev–Trinajstić information content (AvgIpc) is 3.11. The van der Waals surface area contributed by atoms with Crippen molar-refractivity contribution in [2.45, 2.75) is 18.9 Å². The summed E-state index contributed by atoms with van der Waals surface area (Å²) in [6.45, 7) is 0.993. The Balaban J connectivity index is 1.95. The van der Waals surface area contributed by atoms with Gasteiger partial charge in [0.15, 0.2) is 0 Å². The third-order valence-corrected chi connectivity index (χ3v) is 5.76. The number of aromatic nitrogens is 1. The van der Waals surface area contributed by atoms with E-state index in [9.17, 15) is 5.11 Å². The smallest absolute Gasteiger partial charge is 0.0855 e. The Kier molecular flexibility index (Phi) is 4.88. The van der Waals surface area contributed by atoms with Crippen LogP contribution in [0.25, 0.3) is 10.1 Å². The predicted molar refractivity (Wildman–Crippen MR) is 94.9 cm³/mol. The Bertz CT molecular complexity index is 734. The maximum absolute atomic E-state index is 10.8. The summed E-state index contributed by atoms with van der Waals surface area (Å²) >= 11 is 3.41. The van der Waals surface area contributed by atoms with Crippen LogP contribution in [0.3, 0.4) is 0 Å². The quantitative estimate of drug-likeness (QED) is 0.747. The molecule has 0 bridgehead atoms. The van der Waals surface area contributed by atoms with E-state index < -0.39 is 6.10 Å². The van der Waals surface area contributed by atoms with Crippen molar-refractivity contribution in [2.75, 3.05) is 20.6 Å². The lowest BCUT2D eigenvalue weighted by molar-refractivity contribution is 0.180. The largest absolute Gasteiger partial charge is 0.388 e. The van der Waals surface area contributed by atoms with Gasteiger partial charge in [-0.2, -0.15) is 0 Å². The maximum atomic E-state index is 10.8. The molecule has 3 rings (SSSR count). The molecule has 1 aromatic carbocycles. The van der Waals surface area contributed by atoms with Crippen LogP contribution in [-0.4, -0.2) is 35.6 Å². The number of thiazole rings is 1. The molecule has 1 atom stereocenters. The molecule has 116 valence electrons. The van der Waals surface area contributed by atoms with Gasteiger partial charge in [0.05, 0.1) is 11.6 Å². The number of thiophene rings is 1. The number of nitrogens with zero attached hydrogens (tertiary/aromatic N) is 2. The zero-order valence-corrected chi connectivity index (χ0v) is 14.5. The van der Waals surface area contributed by atoms with Crippen molar-refractivity contribution in [1.82, 2.24) is 9.88 Å². The number of aliphatic hydroxyl groups excluding tert-OH is 1. The van der Waals surface area contributed by atoms with Gasteiger partial charge in [0, 0.05) is 39.2 Å². The second-order valence-corrected chi connectivity index (χ2v) is 7.78. The lowest BCUT2D eigenvalue weighted by Crippen LogP contribution is -2.15. The Morgan fingerprint density at radius 3 is 2.82 bits per heavy atom. The van der Waals surface area contributed by atoms with E-state index in [4.69, 9.17) is 0 Å². The minimum Gasteiger partial charge on any atom is -0.388 e. The van der Waals surface area contributed by atoms with E-state index in [0.29, 0.717) is 6.42 Å². The summed E-state index contributed by atoms with van der Waals surface area (Å²) in [6, 6.07) is 8.37. The molecule has 1 N–H and O–H groups in total. The molecule has 1 unspecified atom stereocenters. The second kappa shape index (κ2) is 6.87. The van der Waals surface area contributed by atoms with Crippen molar-refractivity contribution < 1.29 is 5.11 Å². The first-order chi connectivity index (χ1) is 10.6. The lowest BCUT2D eigenvalue weighted by atomic mass is 10.0. The first-order valence-electron chi connectivity index (χ1n) is 7.35. The molecule has 3 aromatic rings. The van der Waals surface area contributed by atoms with E-state index in [1.54, 1.807) is 11.3 Å². The fourth-order valence-electron chi connectivity index (χ4n) is 2.63. The van der Waals surface area contributed by atoms with Gasteiger partial charge in [-0.25, -0.2) is 0 Å². The van der Waals surface area contributed by atoms with Crippen molar-refractivity contribution in [3.63, 3.8) is 0 Å². The van der Waals surface area contributed by atoms with E-state index in [1.807, 2.05) is 29.1 Å². The lowest BCUT2D eigenvalue weighted by Gasteiger charge is -2.14. The molecule has 2 aromatic heterocycles. The van der Waals surface area contributed by atoms with Crippen LogP contribution < -0.4 is 0 Å². The van der Waals surface area contributed by atoms with Gasteiger partial charge in [0.1, 0.15) is 0 Å². The van der Waals surface area contributed by atoms with E-state index >= 15 is 0 Å². The minimum atomic E-state index is -0.464. The highest BCUT2D eigenvalue weighted by molar-refractivity contribution is 7.19. The summed E-state index contributed by atoms with van der Waals surface area (Å²) in [4.78, 5) is 8.71. The summed E-state index contributed by atoms with van der Waals surface area (Å²) in [5, 5.41) is 12.0. The SMILES string of the molecule is CN(C)CCc1sc2ccccc2c1C(O)Cc1cncs1. The average molecular weight is 332 g/mol. The van der Waals surface area contributed by atoms with Crippen LogP contribution in [0.5, 0.6) is 0 Å². The Labute approximate surface area is 138 Å². The standard InChI is InChI=1S/C17H20N2OS2/c1-19(2)8-7-16-17(13-5-3-4-6-15(13)22-16)14(20)9-12-10-18-11-21-12/h3-6,10-11,14,20H,7-9H2,1-2H3. The van der Waals surface area contributed by atoms with Crippen LogP contribution >= 0.6 is 22.7 Å². The molecule has 0 fully saturated rings. The molecule has 0 spiro atoms. The van der Waals surface area contributed by atoms with Crippen LogP contribution in [0.15, 0.2) is 36.0 Å². The molecule has 5 heteroatoms. The van der Waals surface area contributed by atoms with Gasteiger partial charge < -0.3 is 10.0 Å². The Hall–Kier alpha value is -1.27. The highest BCUT2D eigenvalue weighted by atomic mass is 32.1. The van der Waals surface area contributed by atoms with Crippen LogP contribution in [-0.2, 0) is 12.8 Å². The number of likely N-dealkylation sites (N-methyl/N-ethyl adjacent to an activating group) is 1. The van der Waals surface area contributed by atoms with Crippen LogP contribution in [0.4, 0.5) is 0 Å². The molecule has 0 aliphatic carbocycles. The van der Waals surface area contributed by atoms with E-state index in [0.717, 1.165) is 23.4 Å². The van der Waals surface area contributed by atoms with Gasteiger partial charge in [-0.1, -0.05) is 18.2 Å². The van der Waals surface area contributed by atoms with Crippen molar-refractivity contribution in [3.8, 4) is 0 Å². The number of aliphatic hydroxyl groups is 1. The molecule has 2 heterocycles. The molecule has 22 heavy (non-hydrogen) atoms. The van der Waals surface area contributed by atoms with Crippen molar-refractivity contribution in [3.05, 3.63) is 51.3 Å². The summed E-state index contributed by atoms with van der Waals surface area (Å²) in [7, 11) is 4.17. The Morgan fingerprint density at radius 1 is 1.27 bits per heavy atom. The zero-order valence-electron chi connectivity index (χ0n) is 12.8. The summed E-state index contributed by atoms with van der Waals surface area (Å²) in [6.07, 6.45) is 3.00. The van der Waals surface area contributed by atoms with E-state index in [2.05, 4.69) is 42.2 Å². The van der Waals surface area contributed by atoms with Gasteiger partial charge in [0.25, 0.3) is 0 Å². The fourth-order valence-corrected chi connectivity index (χ4v) is 4.51. The predicted octanol–water partition coefficient (Wildman–Crippen LogP) is 3.74. The summed E-state index contributed by atoms with van der Waals surface area (Å²) in [5.74, 6) is 0. The molecule has 0 radical (unpaired) electrons.